The van der Waals surface area contributed by atoms with Crippen LogP contribution in [0.25, 0.3) is 0 Å². The Balaban J connectivity index is 1.55. The molecule has 2 aromatic carbocycles. The summed E-state index contributed by atoms with van der Waals surface area (Å²) in [6.45, 7) is 0. The largest absolute Gasteiger partial charge is 0.497 e. The van der Waals surface area contributed by atoms with Gasteiger partial charge in [0.2, 0.25) is 11.8 Å². The van der Waals surface area contributed by atoms with Gasteiger partial charge in [0.05, 0.1) is 24.6 Å². The number of halogens is 1. The summed E-state index contributed by atoms with van der Waals surface area (Å²) in [5, 5.41) is 5.29. The average molecular weight is 328 g/mol. The number of nitrogens with one attached hydrogen (secondary N) is 2. The number of carbonyl (C=O) groups excluding carboxylic acids is 2. The monoisotopic (exact) mass is 328 g/mol. The van der Waals surface area contributed by atoms with E-state index in [0.717, 1.165) is 0 Å². The molecule has 124 valence electrons. The van der Waals surface area contributed by atoms with Crippen LogP contribution in [0.4, 0.5) is 15.8 Å². The maximum absolute atomic E-state index is 13.5. The van der Waals surface area contributed by atoms with Crippen molar-refractivity contribution in [3.8, 4) is 5.75 Å². The molecule has 2 amide bonds. The van der Waals surface area contributed by atoms with Crippen LogP contribution in [0.3, 0.4) is 0 Å². The predicted molar refractivity (Wildman–Crippen MR) is 88.3 cm³/mol. The molecule has 0 aromatic heterocycles. The highest BCUT2D eigenvalue weighted by molar-refractivity contribution is 6.03. The molecule has 5 nitrogen and oxygen atoms in total. The number of amides is 2. The SMILES string of the molecule is COc1ccc(NC(=O)C2CC2C(=O)Nc2ccccc2F)cc1. The van der Waals surface area contributed by atoms with E-state index in [1.165, 1.54) is 12.1 Å². The molecule has 0 aliphatic heterocycles. The summed E-state index contributed by atoms with van der Waals surface area (Å²) in [5.41, 5.74) is 0.768. The minimum Gasteiger partial charge on any atom is -0.497 e. The van der Waals surface area contributed by atoms with E-state index < -0.39 is 11.7 Å². The van der Waals surface area contributed by atoms with Gasteiger partial charge in [0.15, 0.2) is 0 Å². The molecular weight excluding hydrogens is 311 g/mol. The molecule has 2 aromatic rings. The summed E-state index contributed by atoms with van der Waals surface area (Å²) in [7, 11) is 1.57. The van der Waals surface area contributed by atoms with E-state index in [1.54, 1.807) is 43.5 Å². The van der Waals surface area contributed by atoms with Gasteiger partial charge in [-0.15, -0.1) is 0 Å². The molecule has 0 radical (unpaired) electrons. The minimum absolute atomic E-state index is 0.128. The smallest absolute Gasteiger partial charge is 0.228 e. The van der Waals surface area contributed by atoms with E-state index in [1.807, 2.05) is 0 Å². The molecule has 0 heterocycles. The van der Waals surface area contributed by atoms with Crippen LogP contribution in [0.15, 0.2) is 48.5 Å². The number of benzene rings is 2. The van der Waals surface area contributed by atoms with Gasteiger partial charge in [0.25, 0.3) is 0 Å². The van der Waals surface area contributed by atoms with E-state index in [-0.39, 0.29) is 23.4 Å². The molecule has 2 N–H and O–H groups in total. The number of hydrogen-bond donors (Lipinski definition) is 2. The topological polar surface area (TPSA) is 67.4 Å². The first-order chi connectivity index (χ1) is 11.6. The first-order valence-corrected chi connectivity index (χ1v) is 7.59. The average Bonchev–Trinajstić information content (AvgIpc) is 3.38. The first-order valence-electron chi connectivity index (χ1n) is 7.59. The zero-order valence-corrected chi connectivity index (χ0v) is 13.1. The lowest BCUT2D eigenvalue weighted by atomic mass is 10.2. The van der Waals surface area contributed by atoms with Gasteiger partial charge in [-0.3, -0.25) is 9.59 Å². The van der Waals surface area contributed by atoms with Crippen LogP contribution in [0, 0.1) is 17.7 Å². The van der Waals surface area contributed by atoms with E-state index in [4.69, 9.17) is 4.74 Å². The lowest BCUT2D eigenvalue weighted by molar-refractivity contribution is -0.122. The van der Waals surface area contributed by atoms with Crippen molar-refractivity contribution >= 4 is 23.2 Å². The van der Waals surface area contributed by atoms with Gasteiger partial charge < -0.3 is 15.4 Å². The van der Waals surface area contributed by atoms with Crippen LogP contribution in [0.5, 0.6) is 5.75 Å². The molecule has 0 bridgehead atoms. The molecule has 1 fully saturated rings. The van der Waals surface area contributed by atoms with Crippen molar-refractivity contribution in [2.24, 2.45) is 11.8 Å². The standard InChI is InChI=1S/C18H17FN2O3/c1-24-12-8-6-11(7-9-12)20-17(22)13-10-14(13)18(23)21-16-5-3-2-4-15(16)19/h2-9,13-14H,10H2,1H3,(H,20,22)(H,21,23). The number of hydrogen-bond acceptors (Lipinski definition) is 3. The van der Waals surface area contributed by atoms with Crippen molar-refractivity contribution in [1.29, 1.82) is 0 Å². The number of rotatable bonds is 5. The van der Waals surface area contributed by atoms with Gasteiger partial charge in [0, 0.05) is 5.69 Å². The van der Waals surface area contributed by atoms with Gasteiger partial charge in [-0.2, -0.15) is 0 Å². The highest BCUT2D eigenvalue weighted by atomic mass is 19.1. The minimum atomic E-state index is -0.495. The second-order valence-electron chi connectivity index (χ2n) is 5.64. The Kier molecular flexibility index (Phi) is 4.46. The molecule has 1 saturated carbocycles. The second-order valence-corrected chi connectivity index (χ2v) is 5.64. The van der Waals surface area contributed by atoms with Crippen LogP contribution in [0.1, 0.15) is 6.42 Å². The Morgan fingerprint density at radius 3 is 2.25 bits per heavy atom. The number of para-hydroxylation sites is 1. The lowest BCUT2D eigenvalue weighted by Gasteiger charge is -2.07. The van der Waals surface area contributed by atoms with E-state index >= 15 is 0 Å². The molecule has 3 rings (SSSR count). The fraction of sp³-hybridized carbons (Fsp3) is 0.222. The summed E-state index contributed by atoms with van der Waals surface area (Å²) >= 11 is 0. The molecule has 1 aliphatic carbocycles. The third-order valence-corrected chi connectivity index (χ3v) is 3.95. The molecule has 2 unspecified atom stereocenters. The van der Waals surface area contributed by atoms with Crippen LogP contribution in [-0.4, -0.2) is 18.9 Å². The fourth-order valence-electron chi connectivity index (χ4n) is 2.47. The van der Waals surface area contributed by atoms with Gasteiger partial charge in [-0.05, 0) is 42.8 Å². The van der Waals surface area contributed by atoms with Gasteiger partial charge in [-0.1, -0.05) is 12.1 Å². The maximum Gasteiger partial charge on any atom is 0.228 e. The summed E-state index contributed by atoms with van der Waals surface area (Å²) in [4.78, 5) is 24.3. The van der Waals surface area contributed by atoms with E-state index in [9.17, 15) is 14.0 Å². The Morgan fingerprint density at radius 2 is 1.62 bits per heavy atom. The zero-order chi connectivity index (χ0) is 17.1. The first kappa shape index (κ1) is 16.0. The van der Waals surface area contributed by atoms with E-state index in [2.05, 4.69) is 10.6 Å². The molecule has 6 heteroatoms. The maximum atomic E-state index is 13.5. The molecule has 24 heavy (non-hydrogen) atoms. The Bertz CT molecular complexity index is 761. The number of carbonyl (C=O) groups is 2. The zero-order valence-electron chi connectivity index (χ0n) is 13.1. The van der Waals surface area contributed by atoms with Crippen molar-refractivity contribution in [2.75, 3.05) is 17.7 Å². The highest BCUT2D eigenvalue weighted by Crippen LogP contribution is 2.40. The van der Waals surface area contributed by atoms with Crippen LogP contribution >= 0.6 is 0 Å². The molecule has 2 atom stereocenters. The van der Waals surface area contributed by atoms with Crippen molar-refractivity contribution in [2.45, 2.75) is 6.42 Å². The third kappa shape index (κ3) is 3.53. The van der Waals surface area contributed by atoms with Crippen molar-refractivity contribution in [3.63, 3.8) is 0 Å². The predicted octanol–water partition coefficient (Wildman–Crippen LogP) is 3.05. The summed E-state index contributed by atoms with van der Waals surface area (Å²) in [5.74, 6) is -1.17. The molecule has 1 aliphatic rings. The van der Waals surface area contributed by atoms with Gasteiger partial charge >= 0.3 is 0 Å². The number of anilines is 2. The van der Waals surface area contributed by atoms with Crippen LogP contribution < -0.4 is 15.4 Å². The Morgan fingerprint density at radius 1 is 1.00 bits per heavy atom. The van der Waals surface area contributed by atoms with Gasteiger partial charge in [0.1, 0.15) is 11.6 Å². The highest BCUT2D eigenvalue weighted by Gasteiger charge is 2.48. The van der Waals surface area contributed by atoms with Gasteiger partial charge in [-0.25, -0.2) is 4.39 Å². The van der Waals surface area contributed by atoms with Crippen LogP contribution in [0.2, 0.25) is 0 Å². The van der Waals surface area contributed by atoms with Crippen LogP contribution in [-0.2, 0) is 9.59 Å². The molecule has 0 spiro atoms. The second kappa shape index (κ2) is 6.70. The Labute approximate surface area is 138 Å². The number of methoxy groups -OCH3 is 1. The summed E-state index contributed by atoms with van der Waals surface area (Å²) in [6.07, 6.45) is 0.461. The van der Waals surface area contributed by atoms with Crippen molar-refractivity contribution < 1.29 is 18.7 Å². The fourth-order valence-corrected chi connectivity index (χ4v) is 2.47. The lowest BCUT2D eigenvalue weighted by Crippen LogP contribution is -2.21. The summed E-state index contributed by atoms with van der Waals surface area (Å²) < 4.78 is 18.6. The molecular formula is C18H17FN2O3. The summed E-state index contributed by atoms with van der Waals surface area (Å²) in [6, 6.07) is 12.9. The van der Waals surface area contributed by atoms with E-state index in [0.29, 0.717) is 17.9 Å². The quantitative estimate of drug-likeness (QED) is 0.886. The Hall–Kier alpha value is -2.89. The van der Waals surface area contributed by atoms with Crippen molar-refractivity contribution in [1.82, 2.24) is 0 Å². The van der Waals surface area contributed by atoms with Crippen molar-refractivity contribution in [3.05, 3.63) is 54.3 Å². The third-order valence-electron chi connectivity index (χ3n) is 3.95. The number of ether oxygens (including phenoxy) is 1. The molecule has 0 saturated heterocycles. The normalized spacial score (nSPS) is 18.6.